The number of nitrogens with one attached hydrogen (secondary N) is 1. The summed E-state index contributed by atoms with van der Waals surface area (Å²) >= 11 is 3.31. The van der Waals surface area contributed by atoms with Crippen LogP contribution in [0.15, 0.2) is 22.7 Å². The molecule has 0 aliphatic carbocycles. The summed E-state index contributed by atoms with van der Waals surface area (Å²) in [4.78, 5) is 13.1. The maximum atomic E-state index is 13.1. The van der Waals surface area contributed by atoms with Gasteiger partial charge in [0.05, 0.1) is 5.69 Å². The minimum Gasteiger partial charge on any atom is -0.338 e. The van der Waals surface area contributed by atoms with Gasteiger partial charge in [-0.15, -0.1) is 0 Å². The first-order chi connectivity index (χ1) is 7.18. The van der Waals surface area contributed by atoms with Crippen LogP contribution in [0.3, 0.4) is 0 Å². The zero-order valence-corrected chi connectivity index (χ0v) is 9.55. The molecular weight excluding hydrogens is 263 g/mol. The zero-order valence-electron chi connectivity index (χ0n) is 7.96. The zero-order chi connectivity index (χ0) is 10.8. The lowest BCUT2D eigenvalue weighted by molar-refractivity contribution is 0.243. The lowest BCUT2D eigenvalue weighted by Crippen LogP contribution is -2.46. The Morgan fingerprint density at radius 2 is 2.27 bits per heavy atom. The van der Waals surface area contributed by atoms with Crippen LogP contribution in [-0.2, 0) is 0 Å². The number of benzene rings is 1. The molecule has 5 heteroatoms. The molecule has 0 radical (unpaired) electrons. The highest BCUT2D eigenvalue weighted by Crippen LogP contribution is 2.28. The molecule has 3 nitrogen and oxygen atoms in total. The molecule has 15 heavy (non-hydrogen) atoms. The van der Waals surface area contributed by atoms with Gasteiger partial charge in [-0.3, -0.25) is 4.90 Å². The van der Waals surface area contributed by atoms with E-state index < -0.39 is 0 Å². The smallest absolute Gasteiger partial charge is 0.321 e. The summed E-state index contributed by atoms with van der Waals surface area (Å²) in [7, 11) is 0. The van der Waals surface area contributed by atoms with Crippen molar-refractivity contribution >= 4 is 27.6 Å². The van der Waals surface area contributed by atoms with Crippen LogP contribution in [0.5, 0.6) is 0 Å². The van der Waals surface area contributed by atoms with Crippen LogP contribution in [-0.4, -0.2) is 19.1 Å². The Morgan fingerprint density at radius 3 is 3.00 bits per heavy atom. The van der Waals surface area contributed by atoms with Crippen LogP contribution >= 0.6 is 15.9 Å². The Hall–Kier alpha value is -1.10. The molecule has 1 saturated heterocycles. The number of amides is 2. The number of carbonyl (C=O) groups excluding carboxylic acids is 1. The number of halogens is 2. The van der Waals surface area contributed by atoms with Crippen molar-refractivity contribution in [3.63, 3.8) is 0 Å². The topological polar surface area (TPSA) is 32.3 Å². The molecule has 1 aromatic carbocycles. The summed E-state index contributed by atoms with van der Waals surface area (Å²) in [6, 6.07) is 4.14. The minimum atomic E-state index is -0.341. The predicted molar refractivity (Wildman–Crippen MR) is 59.5 cm³/mol. The molecule has 80 valence electrons. The maximum Gasteiger partial charge on any atom is 0.321 e. The van der Waals surface area contributed by atoms with Crippen molar-refractivity contribution in [2.75, 3.05) is 18.0 Å². The fraction of sp³-hybridized carbons (Fsp3) is 0.300. The molecule has 1 N–H and O–H groups in total. The first-order valence-electron chi connectivity index (χ1n) is 4.69. The molecule has 1 aliphatic rings. The van der Waals surface area contributed by atoms with E-state index in [4.69, 9.17) is 0 Å². The van der Waals surface area contributed by atoms with Crippen molar-refractivity contribution in [3.05, 3.63) is 28.5 Å². The number of urea groups is 1. The van der Waals surface area contributed by atoms with Crippen LogP contribution in [0.2, 0.25) is 0 Å². The summed E-state index contributed by atoms with van der Waals surface area (Å²) in [5.74, 6) is -0.341. The number of nitrogens with zero attached hydrogens (tertiary/aromatic N) is 1. The van der Waals surface area contributed by atoms with Gasteiger partial charge in [-0.2, -0.15) is 0 Å². The Kier molecular flexibility index (Phi) is 2.90. The minimum absolute atomic E-state index is 0.174. The van der Waals surface area contributed by atoms with Gasteiger partial charge < -0.3 is 5.32 Å². The first kappa shape index (κ1) is 10.4. The summed E-state index contributed by atoms with van der Waals surface area (Å²) in [5, 5.41) is 2.72. The van der Waals surface area contributed by atoms with E-state index in [1.165, 1.54) is 17.0 Å². The van der Waals surface area contributed by atoms with Crippen LogP contribution in [0.1, 0.15) is 6.42 Å². The molecule has 2 rings (SSSR count). The number of hydrogen-bond donors (Lipinski definition) is 1. The Balaban J connectivity index is 2.34. The Morgan fingerprint density at radius 1 is 1.47 bits per heavy atom. The standard InChI is InChI=1S/C10H10BrFN2O/c11-8-3-2-7(12)6-9(8)14-5-1-4-13-10(14)15/h2-3,6H,1,4-5H2,(H,13,15). The fourth-order valence-corrected chi connectivity index (χ4v) is 2.01. The SMILES string of the molecule is O=C1NCCCN1c1cc(F)ccc1Br. The highest BCUT2D eigenvalue weighted by atomic mass is 79.9. The molecule has 1 aliphatic heterocycles. The van der Waals surface area contributed by atoms with E-state index in [1.54, 1.807) is 6.07 Å². The molecule has 0 saturated carbocycles. The van der Waals surface area contributed by atoms with Crippen molar-refractivity contribution in [2.45, 2.75) is 6.42 Å². The summed E-state index contributed by atoms with van der Waals surface area (Å²) < 4.78 is 13.8. The third-order valence-electron chi connectivity index (χ3n) is 2.28. The molecule has 1 fully saturated rings. The van der Waals surface area contributed by atoms with E-state index >= 15 is 0 Å². The van der Waals surface area contributed by atoms with Gasteiger partial charge in [0, 0.05) is 17.6 Å². The highest BCUT2D eigenvalue weighted by Gasteiger charge is 2.21. The number of rotatable bonds is 1. The monoisotopic (exact) mass is 272 g/mol. The van der Waals surface area contributed by atoms with Crippen molar-refractivity contribution < 1.29 is 9.18 Å². The van der Waals surface area contributed by atoms with E-state index in [2.05, 4.69) is 21.2 Å². The number of anilines is 1. The van der Waals surface area contributed by atoms with Gasteiger partial charge in [-0.05, 0) is 40.5 Å². The van der Waals surface area contributed by atoms with Gasteiger partial charge >= 0.3 is 6.03 Å². The van der Waals surface area contributed by atoms with E-state index in [1.807, 2.05) is 0 Å². The van der Waals surface area contributed by atoms with Crippen molar-refractivity contribution in [1.29, 1.82) is 0 Å². The van der Waals surface area contributed by atoms with Gasteiger partial charge in [0.25, 0.3) is 0 Å². The summed E-state index contributed by atoms with van der Waals surface area (Å²) in [5.41, 5.74) is 0.576. The van der Waals surface area contributed by atoms with E-state index in [9.17, 15) is 9.18 Å². The lowest BCUT2D eigenvalue weighted by Gasteiger charge is -2.28. The van der Waals surface area contributed by atoms with E-state index in [-0.39, 0.29) is 11.8 Å². The van der Waals surface area contributed by atoms with Crippen molar-refractivity contribution in [3.8, 4) is 0 Å². The Bertz CT molecular complexity index is 397. The molecule has 2 amide bonds. The Labute approximate surface area is 95.4 Å². The maximum absolute atomic E-state index is 13.1. The summed E-state index contributed by atoms with van der Waals surface area (Å²) in [6.45, 7) is 1.30. The predicted octanol–water partition coefficient (Wildman–Crippen LogP) is 2.51. The van der Waals surface area contributed by atoms with Gasteiger partial charge in [0.1, 0.15) is 5.82 Å². The quantitative estimate of drug-likeness (QED) is 0.837. The normalized spacial score (nSPS) is 16.4. The van der Waals surface area contributed by atoms with E-state index in [0.29, 0.717) is 18.8 Å². The highest BCUT2D eigenvalue weighted by molar-refractivity contribution is 9.10. The molecule has 0 spiro atoms. The molecule has 0 aromatic heterocycles. The molecule has 1 aromatic rings. The largest absolute Gasteiger partial charge is 0.338 e. The first-order valence-corrected chi connectivity index (χ1v) is 5.48. The lowest BCUT2D eigenvalue weighted by atomic mass is 10.2. The average Bonchev–Trinajstić information content (AvgIpc) is 2.23. The van der Waals surface area contributed by atoms with Crippen molar-refractivity contribution in [1.82, 2.24) is 5.32 Å². The number of hydrogen-bond acceptors (Lipinski definition) is 1. The second-order valence-corrected chi connectivity index (χ2v) is 4.19. The molecular formula is C10H10BrFN2O. The van der Waals surface area contributed by atoms with Crippen LogP contribution < -0.4 is 10.2 Å². The number of carbonyl (C=O) groups is 1. The summed E-state index contributed by atoms with van der Waals surface area (Å²) in [6.07, 6.45) is 0.870. The third-order valence-corrected chi connectivity index (χ3v) is 2.95. The van der Waals surface area contributed by atoms with Gasteiger partial charge in [0.15, 0.2) is 0 Å². The average molecular weight is 273 g/mol. The third kappa shape index (κ3) is 2.12. The molecule has 0 unspecified atom stereocenters. The molecule has 0 atom stereocenters. The van der Waals surface area contributed by atoms with Gasteiger partial charge in [0.2, 0.25) is 0 Å². The van der Waals surface area contributed by atoms with Gasteiger partial charge in [-0.1, -0.05) is 0 Å². The fourth-order valence-electron chi connectivity index (χ4n) is 1.55. The second-order valence-electron chi connectivity index (χ2n) is 3.33. The van der Waals surface area contributed by atoms with Crippen LogP contribution in [0.4, 0.5) is 14.9 Å². The molecule has 1 heterocycles. The van der Waals surface area contributed by atoms with Gasteiger partial charge in [-0.25, -0.2) is 9.18 Å². The van der Waals surface area contributed by atoms with Crippen molar-refractivity contribution in [2.24, 2.45) is 0 Å². The second kappa shape index (κ2) is 4.18. The van der Waals surface area contributed by atoms with Crippen LogP contribution in [0, 0.1) is 5.82 Å². The molecule has 0 bridgehead atoms. The van der Waals surface area contributed by atoms with E-state index in [0.717, 1.165) is 10.9 Å². The van der Waals surface area contributed by atoms with Crippen LogP contribution in [0.25, 0.3) is 0 Å².